The van der Waals surface area contributed by atoms with Gasteiger partial charge in [-0.25, -0.2) is 13.8 Å². The minimum Gasteiger partial charge on any atom is -0.481 e. The third kappa shape index (κ3) is 3.37. The molecule has 4 nitrogen and oxygen atoms in total. The first kappa shape index (κ1) is 14.8. The van der Waals surface area contributed by atoms with Crippen molar-refractivity contribution in [3.63, 3.8) is 0 Å². The third-order valence-electron chi connectivity index (χ3n) is 2.10. The molecule has 0 radical (unpaired) electrons. The second-order valence-corrected chi connectivity index (χ2v) is 3.40. The average Bonchev–Trinajstić information content (AvgIpc) is 2.25. The van der Waals surface area contributed by atoms with Crippen LogP contribution in [0, 0.1) is 11.3 Å². The van der Waals surface area contributed by atoms with Gasteiger partial charge in [-0.05, 0) is 6.07 Å². The van der Waals surface area contributed by atoms with Gasteiger partial charge in [0.2, 0.25) is 0 Å². The fourth-order valence-electron chi connectivity index (χ4n) is 1.35. The lowest BCUT2D eigenvalue weighted by Crippen LogP contribution is -2.16. The Hall–Kier alpha value is -2.24. The van der Waals surface area contributed by atoms with Crippen molar-refractivity contribution < 1.29 is 31.9 Å². The van der Waals surface area contributed by atoms with Crippen LogP contribution in [-0.2, 0) is 17.4 Å². The van der Waals surface area contributed by atoms with Gasteiger partial charge in [-0.15, -0.1) is 0 Å². The lowest BCUT2D eigenvalue weighted by Gasteiger charge is -2.13. The first-order valence-corrected chi connectivity index (χ1v) is 4.68. The summed E-state index contributed by atoms with van der Waals surface area (Å²) >= 11 is 0. The largest absolute Gasteiger partial charge is 0.481 e. The van der Waals surface area contributed by atoms with Gasteiger partial charge in [0.05, 0.1) is 23.2 Å². The van der Waals surface area contributed by atoms with Crippen LogP contribution >= 0.6 is 0 Å². The van der Waals surface area contributed by atoms with Crippen molar-refractivity contribution in [1.82, 2.24) is 4.98 Å². The Morgan fingerprint density at radius 1 is 1.47 bits per heavy atom. The SMILES string of the molecule is N#Cc1nc(CC(=O)O)c(C(F)(F)F)cc1C(F)F. The zero-order valence-corrected chi connectivity index (χ0v) is 9.00. The Labute approximate surface area is 103 Å². The van der Waals surface area contributed by atoms with Crippen molar-refractivity contribution in [2.75, 3.05) is 0 Å². The second kappa shape index (κ2) is 5.17. The molecule has 0 amide bonds. The van der Waals surface area contributed by atoms with Crippen molar-refractivity contribution in [3.8, 4) is 6.07 Å². The van der Waals surface area contributed by atoms with Crippen molar-refractivity contribution in [2.24, 2.45) is 0 Å². The molecule has 1 aromatic heterocycles. The molecule has 1 heterocycles. The van der Waals surface area contributed by atoms with E-state index in [9.17, 15) is 26.7 Å². The summed E-state index contributed by atoms with van der Waals surface area (Å²) < 4.78 is 62.9. The van der Waals surface area contributed by atoms with E-state index in [2.05, 4.69) is 4.98 Å². The van der Waals surface area contributed by atoms with Gasteiger partial charge in [0, 0.05) is 0 Å². The quantitative estimate of drug-likeness (QED) is 0.863. The van der Waals surface area contributed by atoms with Crippen LogP contribution in [0.4, 0.5) is 22.0 Å². The highest BCUT2D eigenvalue weighted by molar-refractivity contribution is 5.70. The summed E-state index contributed by atoms with van der Waals surface area (Å²) in [4.78, 5) is 13.5. The molecule has 1 aromatic rings. The Bertz CT molecular complexity index is 548. The number of nitrogens with zero attached hydrogens (tertiary/aromatic N) is 2. The summed E-state index contributed by atoms with van der Waals surface area (Å²) in [6.07, 6.45) is -9.47. The van der Waals surface area contributed by atoms with Crippen LogP contribution in [0.3, 0.4) is 0 Å². The summed E-state index contributed by atoms with van der Waals surface area (Å²) in [6, 6.07) is 1.28. The summed E-state index contributed by atoms with van der Waals surface area (Å²) in [5.41, 5.74) is -4.65. The molecule has 9 heteroatoms. The zero-order chi connectivity index (χ0) is 14.8. The van der Waals surface area contributed by atoms with Crippen LogP contribution in [0.2, 0.25) is 0 Å². The van der Waals surface area contributed by atoms with E-state index in [1.807, 2.05) is 0 Å². The number of halogens is 5. The number of alkyl halides is 5. The van der Waals surface area contributed by atoms with Gasteiger partial charge in [0.25, 0.3) is 6.43 Å². The van der Waals surface area contributed by atoms with E-state index < -0.39 is 47.5 Å². The van der Waals surface area contributed by atoms with Crippen LogP contribution in [-0.4, -0.2) is 16.1 Å². The molecular formula is C10H5F5N2O2. The highest BCUT2D eigenvalue weighted by Crippen LogP contribution is 2.35. The average molecular weight is 280 g/mol. The molecule has 0 unspecified atom stereocenters. The Kier molecular flexibility index (Phi) is 4.04. The van der Waals surface area contributed by atoms with Gasteiger partial charge in [0.15, 0.2) is 0 Å². The molecule has 0 aromatic carbocycles. The molecule has 0 aliphatic rings. The number of carbonyl (C=O) groups is 1. The monoisotopic (exact) mass is 280 g/mol. The molecule has 1 rings (SSSR count). The summed E-state index contributed by atoms with van der Waals surface area (Å²) in [6.45, 7) is 0. The van der Waals surface area contributed by atoms with Crippen LogP contribution in [0.25, 0.3) is 0 Å². The van der Waals surface area contributed by atoms with Gasteiger partial charge in [0.1, 0.15) is 11.8 Å². The van der Waals surface area contributed by atoms with Gasteiger partial charge >= 0.3 is 12.1 Å². The standard InChI is InChI=1S/C10H5F5N2O2/c11-9(12)4-1-5(10(13,14)15)6(2-8(18)19)17-7(4)3-16/h1,9H,2H2,(H,18,19). The van der Waals surface area contributed by atoms with Crippen molar-refractivity contribution >= 4 is 5.97 Å². The number of carboxylic acid groups (broad SMARTS) is 1. The minimum atomic E-state index is -5.03. The summed E-state index contributed by atoms with van der Waals surface area (Å²) in [5.74, 6) is -1.62. The molecule has 19 heavy (non-hydrogen) atoms. The molecule has 1 N–H and O–H groups in total. The molecular weight excluding hydrogens is 275 g/mol. The lowest BCUT2D eigenvalue weighted by molar-refractivity contribution is -0.140. The van der Waals surface area contributed by atoms with E-state index in [0.29, 0.717) is 0 Å². The number of nitriles is 1. The maximum atomic E-state index is 12.6. The Balaban J connectivity index is 3.54. The summed E-state index contributed by atoms with van der Waals surface area (Å²) in [5, 5.41) is 17.0. The minimum absolute atomic E-state index is 0.0640. The number of aromatic nitrogens is 1. The first-order chi connectivity index (χ1) is 8.66. The van der Waals surface area contributed by atoms with E-state index in [1.165, 1.54) is 6.07 Å². The van der Waals surface area contributed by atoms with E-state index in [0.717, 1.165) is 0 Å². The fraction of sp³-hybridized carbons (Fsp3) is 0.300. The molecule has 0 atom stereocenters. The number of aliphatic carboxylic acids is 1. The highest BCUT2D eigenvalue weighted by Gasteiger charge is 2.36. The Morgan fingerprint density at radius 3 is 2.42 bits per heavy atom. The van der Waals surface area contributed by atoms with Crippen molar-refractivity contribution in [3.05, 3.63) is 28.6 Å². The van der Waals surface area contributed by atoms with Gasteiger partial charge in [-0.1, -0.05) is 0 Å². The van der Waals surface area contributed by atoms with Crippen molar-refractivity contribution in [1.29, 1.82) is 5.26 Å². The van der Waals surface area contributed by atoms with Crippen molar-refractivity contribution in [2.45, 2.75) is 19.0 Å². The van der Waals surface area contributed by atoms with Crippen LogP contribution in [0.5, 0.6) is 0 Å². The molecule has 0 saturated heterocycles. The van der Waals surface area contributed by atoms with E-state index in [-0.39, 0.29) is 6.07 Å². The van der Waals surface area contributed by atoms with Gasteiger partial charge in [-0.2, -0.15) is 18.4 Å². The number of hydrogen-bond donors (Lipinski definition) is 1. The van der Waals surface area contributed by atoms with E-state index >= 15 is 0 Å². The second-order valence-electron chi connectivity index (χ2n) is 3.40. The Morgan fingerprint density at radius 2 is 2.05 bits per heavy atom. The third-order valence-corrected chi connectivity index (χ3v) is 2.10. The van der Waals surface area contributed by atoms with E-state index in [4.69, 9.17) is 10.4 Å². The normalized spacial score (nSPS) is 11.4. The summed E-state index contributed by atoms with van der Waals surface area (Å²) in [7, 11) is 0. The maximum absolute atomic E-state index is 12.6. The molecule has 0 aliphatic carbocycles. The number of carboxylic acids is 1. The highest BCUT2D eigenvalue weighted by atomic mass is 19.4. The molecule has 0 bridgehead atoms. The number of pyridine rings is 1. The predicted molar refractivity (Wildman–Crippen MR) is 50.3 cm³/mol. The molecule has 102 valence electrons. The molecule has 0 saturated carbocycles. The van der Waals surface area contributed by atoms with Gasteiger partial charge in [-0.3, -0.25) is 4.79 Å². The lowest BCUT2D eigenvalue weighted by atomic mass is 10.1. The molecule has 0 spiro atoms. The topological polar surface area (TPSA) is 74.0 Å². The van der Waals surface area contributed by atoms with E-state index in [1.54, 1.807) is 0 Å². The zero-order valence-electron chi connectivity index (χ0n) is 9.00. The fourth-order valence-corrected chi connectivity index (χ4v) is 1.35. The smallest absolute Gasteiger partial charge is 0.418 e. The van der Waals surface area contributed by atoms with Crippen LogP contribution in [0.15, 0.2) is 6.07 Å². The first-order valence-electron chi connectivity index (χ1n) is 4.68. The maximum Gasteiger partial charge on any atom is 0.418 e. The van der Waals surface area contributed by atoms with Crippen LogP contribution in [0.1, 0.15) is 28.9 Å². The van der Waals surface area contributed by atoms with Gasteiger partial charge < -0.3 is 5.11 Å². The van der Waals surface area contributed by atoms with Crippen LogP contribution < -0.4 is 0 Å². The number of hydrogen-bond acceptors (Lipinski definition) is 3. The number of rotatable bonds is 3. The molecule has 0 fully saturated rings. The molecule has 0 aliphatic heterocycles. The predicted octanol–water partition coefficient (Wildman–Crippen LogP) is 2.54.